The number of nitrogens with zero attached hydrogens (tertiary/aromatic N) is 1. The van der Waals surface area contributed by atoms with Crippen LogP contribution in [-0.2, 0) is 0 Å². The molecule has 0 aromatic heterocycles. The Balaban J connectivity index is 0. The Kier molecular flexibility index (Phi) is 8.97. The molecule has 0 saturated carbocycles. The summed E-state index contributed by atoms with van der Waals surface area (Å²) in [5.74, 6) is 0. The van der Waals surface area contributed by atoms with Gasteiger partial charge in [-0.3, -0.25) is 0 Å². The molecule has 1 fully saturated rings. The number of hydrogen-bond acceptors (Lipinski definition) is 2. The van der Waals surface area contributed by atoms with Crippen LogP contribution in [0.1, 0.15) is 0 Å². The van der Waals surface area contributed by atoms with Crippen molar-refractivity contribution in [1.82, 2.24) is 10.2 Å². The maximum atomic E-state index is 3.27. The fourth-order valence-electron chi connectivity index (χ4n) is 0.777. The van der Waals surface area contributed by atoms with Crippen molar-refractivity contribution in [3.63, 3.8) is 0 Å². The Morgan fingerprint density at radius 1 is 1.11 bits per heavy atom. The lowest BCUT2D eigenvalue weighted by atomic mass is 10.5. The van der Waals surface area contributed by atoms with Gasteiger partial charge in [0, 0.05) is 26.2 Å². The van der Waals surface area contributed by atoms with Crippen LogP contribution in [0.4, 0.5) is 0 Å². The van der Waals surface area contributed by atoms with Crippen LogP contribution in [0.2, 0.25) is 0 Å². The molecule has 9 heavy (non-hydrogen) atoms. The smallest absolute Gasteiger partial charge is 0.0104 e. The van der Waals surface area contributed by atoms with Gasteiger partial charge in [0.15, 0.2) is 0 Å². The van der Waals surface area contributed by atoms with Crippen LogP contribution < -0.4 is 5.32 Å². The number of piperazine rings is 1. The second-order valence-corrected chi connectivity index (χ2v) is 2.05. The van der Waals surface area contributed by atoms with E-state index < -0.39 is 0 Å². The molecule has 0 bridgehead atoms. The van der Waals surface area contributed by atoms with E-state index in [1.165, 1.54) is 13.1 Å². The predicted molar refractivity (Wildman–Crippen MR) is 44.9 cm³/mol. The van der Waals surface area contributed by atoms with E-state index in [-0.39, 0.29) is 24.8 Å². The summed E-state index contributed by atoms with van der Waals surface area (Å²) in [7, 11) is 2.15. The molecule has 0 spiro atoms. The second-order valence-electron chi connectivity index (χ2n) is 2.05. The summed E-state index contributed by atoms with van der Waals surface area (Å²) in [6.45, 7) is 4.74. The van der Waals surface area contributed by atoms with Gasteiger partial charge >= 0.3 is 0 Å². The molecule has 0 aromatic carbocycles. The molecule has 0 amide bonds. The van der Waals surface area contributed by atoms with Crippen molar-refractivity contribution in [2.75, 3.05) is 33.2 Å². The Hall–Kier alpha value is 0.500. The van der Waals surface area contributed by atoms with Gasteiger partial charge < -0.3 is 10.2 Å². The fourth-order valence-corrected chi connectivity index (χ4v) is 0.777. The van der Waals surface area contributed by atoms with Gasteiger partial charge in [-0.25, -0.2) is 0 Å². The van der Waals surface area contributed by atoms with Crippen molar-refractivity contribution < 1.29 is 0 Å². The third kappa shape index (κ3) is 4.97. The quantitative estimate of drug-likeness (QED) is 0.533. The van der Waals surface area contributed by atoms with Gasteiger partial charge in [0.1, 0.15) is 0 Å². The van der Waals surface area contributed by atoms with Crippen molar-refractivity contribution in [2.24, 2.45) is 0 Å². The summed E-state index contributed by atoms with van der Waals surface area (Å²) in [5.41, 5.74) is 0. The normalized spacial score (nSPS) is 19.7. The molecule has 58 valence electrons. The van der Waals surface area contributed by atoms with Gasteiger partial charge in [0.05, 0.1) is 0 Å². The van der Waals surface area contributed by atoms with Crippen LogP contribution in [0.15, 0.2) is 0 Å². The van der Waals surface area contributed by atoms with Crippen molar-refractivity contribution in [1.29, 1.82) is 0 Å². The molecular weight excluding hydrogens is 160 g/mol. The first-order chi connectivity index (χ1) is 3.39. The highest BCUT2D eigenvalue weighted by Crippen LogP contribution is 1.82. The minimum Gasteiger partial charge on any atom is -0.314 e. The third-order valence-corrected chi connectivity index (χ3v) is 1.34. The highest BCUT2D eigenvalue weighted by molar-refractivity contribution is 5.85. The van der Waals surface area contributed by atoms with E-state index in [9.17, 15) is 0 Å². The number of likely N-dealkylation sites (N-methyl/N-ethyl adjacent to an activating group) is 1. The van der Waals surface area contributed by atoms with Crippen LogP contribution in [0.3, 0.4) is 0 Å². The molecule has 0 aromatic rings. The first-order valence-corrected chi connectivity index (χ1v) is 2.79. The minimum atomic E-state index is 0. The molecule has 1 aliphatic heterocycles. The maximum Gasteiger partial charge on any atom is 0.0104 e. The topological polar surface area (TPSA) is 15.3 Å². The average molecular weight is 174 g/mol. The molecule has 0 atom stereocenters. The monoisotopic (exact) mass is 173 g/mol. The first kappa shape index (κ1) is 12.2. The molecule has 1 heterocycles. The van der Waals surface area contributed by atoms with E-state index in [0.29, 0.717) is 0 Å². The van der Waals surface area contributed by atoms with Crippen LogP contribution in [0.25, 0.3) is 0 Å². The zero-order valence-electron chi connectivity index (χ0n) is 5.59. The van der Waals surface area contributed by atoms with E-state index in [1.807, 2.05) is 0 Å². The predicted octanol–water partition coefficient (Wildman–Crippen LogP) is 0.365. The lowest BCUT2D eigenvalue weighted by Crippen LogP contribution is -2.40. The second kappa shape index (κ2) is 6.62. The molecule has 1 saturated heterocycles. The number of rotatable bonds is 0. The van der Waals surface area contributed by atoms with E-state index in [1.54, 1.807) is 0 Å². The molecule has 1 aliphatic rings. The molecule has 0 aliphatic carbocycles. The van der Waals surface area contributed by atoms with Crippen LogP contribution >= 0.6 is 24.8 Å². The summed E-state index contributed by atoms with van der Waals surface area (Å²) in [4.78, 5) is 2.33. The van der Waals surface area contributed by atoms with Crippen molar-refractivity contribution >= 4 is 24.8 Å². The van der Waals surface area contributed by atoms with Crippen LogP contribution in [-0.4, -0.2) is 38.1 Å². The van der Waals surface area contributed by atoms with E-state index >= 15 is 0 Å². The van der Waals surface area contributed by atoms with E-state index in [4.69, 9.17) is 0 Å². The van der Waals surface area contributed by atoms with Crippen molar-refractivity contribution in [2.45, 2.75) is 0 Å². The van der Waals surface area contributed by atoms with Crippen LogP contribution in [0.5, 0.6) is 0 Å². The molecular formula is C5H14Cl2N2. The summed E-state index contributed by atoms with van der Waals surface area (Å²) in [5, 5.41) is 3.27. The van der Waals surface area contributed by atoms with E-state index in [0.717, 1.165) is 13.1 Å². The lowest BCUT2D eigenvalue weighted by Gasteiger charge is -2.21. The maximum absolute atomic E-state index is 3.27. The Bertz CT molecular complexity index is 54.9. The largest absolute Gasteiger partial charge is 0.314 e. The van der Waals surface area contributed by atoms with Crippen molar-refractivity contribution in [3.05, 3.63) is 0 Å². The summed E-state index contributed by atoms with van der Waals surface area (Å²) in [6, 6.07) is 0. The zero-order chi connectivity index (χ0) is 5.11. The molecule has 0 radical (unpaired) electrons. The average Bonchev–Trinajstić information content (AvgIpc) is 1.69. The lowest BCUT2D eigenvalue weighted by molar-refractivity contribution is 0.291. The molecule has 4 heteroatoms. The molecule has 1 N–H and O–H groups in total. The van der Waals surface area contributed by atoms with Crippen LogP contribution in [0, 0.1) is 0 Å². The minimum absolute atomic E-state index is 0. The summed E-state index contributed by atoms with van der Waals surface area (Å²) < 4.78 is 0. The Morgan fingerprint density at radius 3 is 1.78 bits per heavy atom. The Morgan fingerprint density at radius 2 is 1.56 bits per heavy atom. The fraction of sp³-hybridized carbons (Fsp3) is 1.00. The SMILES string of the molecule is C[15N]1CCNCC1.Cl.Cl. The molecule has 1 rings (SSSR count). The van der Waals surface area contributed by atoms with E-state index in [2.05, 4.69) is 17.3 Å². The molecule has 2 nitrogen and oxygen atoms in total. The van der Waals surface area contributed by atoms with Gasteiger partial charge in [-0.1, -0.05) is 0 Å². The summed E-state index contributed by atoms with van der Waals surface area (Å²) >= 11 is 0. The third-order valence-electron chi connectivity index (χ3n) is 1.34. The van der Waals surface area contributed by atoms with Crippen molar-refractivity contribution in [3.8, 4) is 0 Å². The first-order valence-electron chi connectivity index (χ1n) is 2.79. The van der Waals surface area contributed by atoms with Gasteiger partial charge in [-0.2, -0.15) is 0 Å². The molecule has 0 unspecified atom stereocenters. The number of halogens is 2. The van der Waals surface area contributed by atoms with Gasteiger partial charge in [-0.05, 0) is 7.05 Å². The number of nitrogens with one attached hydrogen (secondary N) is 1. The van der Waals surface area contributed by atoms with Gasteiger partial charge in [0.25, 0.3) is 0 Å². The highest BCUT2D eigenvalue weighted by atomic mass is 35.5. The van der Waals surface area contributed by atoms with Gasteiger partial charge in [0.2, 0.25) is 0 Å². The number of hydrogen-bond donors (Lipinski definition) is 1. The standard InChI is InChI=1S/C5H12N2.2ClH/c1-7-4-2-6-3-5-7;;/h6H,2-5H2,1H3;2*1H/i7+1;;. The Labute approximate surface area is 68.8 Å². The zero-order valence-corrected chi connectivity index (χ0v) is 7.23. The van der Waals surface area contributed by atoms with Gasteiger partial charge in [-0.15, -0.1) is 24.8 Å². The highest BCUT2D eigenvalue weighted by Gasteiger charge is 2.01. The summed E-state index contributed by atoms with van der Waals surface area (Å²) in [6.07, 6.45) is 0.